The van der Waals surface area contributed by atoms with Crippen LogP contribution in [0.5, 0.6) is 5.75 Å². The fraction of sp³-hybridized carbons (Fsp3) is 0.280. The number of rotatable bonds is 5. The molecule has 2 aliphatic heterocycles. The molecule has 8 heteroatoms. The van der Waals surface area contributed by atoms with E-state index >= 15 is 0 Å². The first-order valence-corrected chi connectivity index (χ1v) is 11.2. The molecular formula is C25H25N5O3. The first-order valence-electron chi connectivity index (χ1n) is 11.2. The van der Waals surface area contributed by atoms with Crippen LogP contribution in [-0.2, 0) is 11.2 Å². The van der Waals surface area contributed by atoms with Crippen LogP contribution in [0, 0.1) is 0 Å². The fourth-order valence-electron chi connectivity index (χ4n) is 4.34. The summed E-state index contributed by atoms with van der Waals surface area (Å²) < 4.78 is 5.54. The largest absolute Gasteiger partial charge is 0.493 e. The molecule has 3 aromatic rings. The lowest BCUT2D eigenvalue weighted by atomic mass is 9.99. The van der Waals surface area contributed by atoms with Gasteiger partial charge in [0.1, 0.15) is 17.6 Å². The number of piperidine rings is 1. The Morgan fingerprint density at radius 2 is 2.00 bits per heavy atom. The molecular weight excluding hydrogens is 418 g/mol. The molecule has 1 aromatic heterocycles. The molecule has 1 saturated heterocycles. The number of aromatic nitrogens is 2. The molecule has 0 spiro atoms. The van der Waals surface area contributed by atoms with E-state index in [4.69, 9.17) is 4.74 Å². The van der Waals surface area contributed by atoms with E-state index in [0.29, 0.717) is 31.0 Å². The van der Waals surface area contributed by atoms with E-state index in [-0.39, 0.29) is 11.8 Å². The van der Waals surface area contributed by atoms with Crippen molar-refractivity contribution < 1.29 is 14.3 Å². The topological polar surface area (TPSA) is 96.5 Å². The Hall–Kier alpha value is -3.94. The number of ether oxygens (including phenoxy) is 1. The first-order chi connectivity index (χ1) is 16.2. The highest BCUT2D eigenvalue weighted by Crippen LogP contribution is 2.29. The van der Waals surface area contributed by atoms with Crippen molar-refractivity contribution in [2.75, 3.05) is 23.8 Å². The number of hydrogen-bond donors (Lipinski definition) is 2. The maximum absolute atomic E-state index is 13.4. The summed E-state index contributed by atoms with van der Waals surface area (Å²) in [5.74, 6) is 1.16. The van der Waals surface area contributed by atoms with Crippen molar-refractivity contribution in [3.05, 3.63) is 72.2 Å². The van der Waals surface area contributed by atoms with Gasteiger partial charge in [0.05, 0.1) is 12.8 Å². The molecule has 2 aromatic carbocycles. The molecule has 33 heavy (non-hydrogen) atoms. The molecule has 2 amide bonds. The maximum atomic E-state index is 13.4. The zero-order chi connectivity index (χ0) is 22.6. The quantitative estimate of drug-likeness (QED) is 0.623. The normalized spacial score (nSPS) is 17.1. The number of benzene rings is 2. The summed E-state index contributed by atoms with van der Waals surface area (Å²) in [5.41, 5.74) is 3.09. The second-order valence-corrected chi connectivity index (χ2v) is 8.22. The van der Waals surface area contributed by atoms with E-state index < -0.39 is 6.04 Å². The highest BCUT2D eigenvalue weighted by Gasteiger charge is 2.33. The molecule has 1 unspecified atom stereocenters. The van der Waals surface area contributed by atoms with Crippen LogP contribution in [-0.4, -0.2) is 45.9 Å². The third-order valence-corrected chi connectivity index (χ3v) is 5.97. The third-order valence-electron chi connectivity index (χ3n) is 5.97. The molecule has 2 N–H and O–H groups in total. The van der Waals surface area contributed by atoms with Crippen LogP contribution in [0.4, 0.5) is 17.2 Å². The van der Waals surface area contributed by atoms with E-state index in [1.807, 2.05) is 30.3 Å². The third kappa shape index (κ3) is 4.64. The number of amides is 2. The monoisotopic (exact) mass is 443 g/mol. The number of carbonyl (C=O) groups excluding carboxylic acids is 2. The Morgan fingerprint density at radius 3 is 2.88 bits per heavy atom. The van der Waals surface area contributed by atoms with Crippen LogP contribution >= 0.6 is 0 Å². The van der Waals surface area contributed by atoms with Crippen molar-refractivity contribution in [1.82, 2.24) is 14.9 Å². The van der Waals surface area contributed by atoms with Crippen LogP contribution in [0.15, 0.2) is 61.1 Å². The molecule has 0 bridgehead atoms. The van der Waals surface area contributed by atoms with Gasteiger partial charge in [0.2, 0.25) is 5.91 Å². The van der Waals surface area contributed by atoms with Crippen molar-refractivity contribution in [2.24, 2.45) is 0 Å². The average Bonchev–Trinajstić information content (AvgIpc) is 3.32. The molecule has 5 rings (SSSR count). The Morgan fingerprint density at radius 1 is 1.06 bits per heavy atom. The maximum Gasteiger partial charge on any atom is 0.254 e. The lowest BCUT2D eigenvalue weighted by molar-refractivity contribution is -0.121. The van der Waals surface area contributed by atoms with Gasteiger partial charge in [0, 0.05) is 42.3 Å². The van der Waals surface area contributed by atoms with Gasteiger partial charge >= 0.3 is 0 Å². The summed E-state index contributed by atoms with van der Waals surface area (Å²) in [4.78, 5) is 36.5. The van der Waals surface area contributed by atoms with Gasteiger partial charge in [-0.2, -0.15) is 0 Å². The standard InChI is InChI=1S/C25H25N5O3/c31-24(29-20-7-8-22-17(14-20)9-13-33-22)21-6-1-2-12-30(21)25(32)18-4-3-5-19(15-18)28-23-16-26-10-11-27-23/h3-5,7-8,10-11,14-16,21H,1-2,6,9,12-13H2,(H,27,28)(H,29,31). The number of nitrogens with one attached hydrogen (secondary N) is 2. The van der Waals surface area contributed by atoms with Gasteiger partial charge < -0.3 is 20.3 Å². The zero-order valence-corrected chi connectivity index (χ0v) is 18.2. The SMILES string of the molecule is O=C(Nc1ccc2c(c1)CCO2)C1CCCCN1C(=O)c1cccc(Nc2cnccn2)c1. The molecule has 8 nitrogen and oxygen atoms in total. The minimum atomic E-state index is -0.507. The van der Waals surface area contributed by atoms with E-state index in [2.05, 4.69) is 20.6 Å². The molecule has 1 atom stereocenters. The predicted molar refractivity (Wildman–Crippen MR) is 125 cm³/mol. The molecule has 3 heterocycles. The van der Waals surface area contributed by atoms with Crippen LogP contribution in [0.3, 0.4) is 0 Å². The van der Waals surface area contributed by atoms with Crippen molar-refractivity contribution in [2.45, 2.75) is 31.7 Å². The second-order valence-electron chi connectivity index (χ2n) is 8.22. The smallest absolute Gasteiger partial charge is 0.254 e. The Balaban J connectivity index is 1.31. The van der Waals surface area contributed by atoms with Crippen molar-refractivity contribution in [3.63, 3.8) is 0 Å². The van der Waals surface area contributed by atoms with Gasteiger partial charge in [-0.3, -0.25) is 14.6 Å². The van der Waals surface area contributed by atoms with E-state index in [0.717, 1.165) is 42.0 Å². The van der Waals surface area contributed by atoms with Crippen molar-refractivity contribution in [1.29, 1.82) is 0 Å². The first kappa shape index (κ1) is 20.9. The molecule has 1 fully saturated rings. The number of nitrogens with zero attached hydrogens (tertiary/aromatic N) is 3. The van der Waals surface area contributed by atoms with Crippen molar-refractivity contribution >= 4 is 29.0 Å². The van der Waals surface area contributed by atoms with E-state index in [1.165, 1.54) is 0 Å². The number of hydrogen-bond acceptors (Lipinski definition) is 6. The van der Waals surface area contributed by atoms with Gasteiger partial charge in [0.25, 0.3) is 5.91 Å². The predicted octanol–water partition coefficient (Wildman–Crippen LogP) is 3.79. The van der Waals surface area contributed by atoms with Crippen LogP contribution in [0.1, 0.15) is 35.2 Å². The molecule has 0 saturated carbocycles. The number of fused-ring (bicyclic) bond motifs is 1. The van der Waals surface area contributed by atoms with Crippen LogP contribution in [0.25, 0.3) is 0 Å². The Labute approximate surface area is 192 Å². The minimum absolute atomic E-state index is 0.153. The molecule has 168 valence electrons. The summed E-state index contributed by atoms with van der Waals surface area (Å²) in [6, 6.07) is 12.4. The average molecular weight is 444 g/mol. The van der Waals surface area contributed by atoms with Gasteiger partial charge in [0.15, 0.2) is 0 Å². The molecule has 0 radical (unpaired) electrons. The summed E-state index contributed by atoms with van der Waals surface area (Å²) in [7, 11) is 0. The second kappa shape index (κ2) is 9.28. The van der Waals surface area contributed by atoms with Crippen LogP contribution < -0.4 is 15.4 Å². The molecule has 0 aliphatic carbocycles. The van der Waals surface area contributed by atoms with Gasteiger partial charge in [-0.1, -0.05) is 6.07 Å². The van der Waals surface area contributed by atoms with Gasteiger partial charge in [-0.25, -0.2) is 4.98 Å². The van der Waals surface area contributed by atoms with E-state index in [1.54, 1.807) is 35.6 Å². The fourth-order valence-corrected chi connectivity index (χ4v) is 4.34. The van der Waals surface area contributed by atoms with Crippen molar-refractivity contribution in [3.8, 4) is 5.75 Å². The summed E-state index contributed by atoms with van der Waals surface area (Å²) in [6.45, 7) is 1.22. The highest BCUT2D eigenvalue weighted by atomic mass is 16.5. The minimum Gasteiger partial charge on any atom is -0.493 e. The summed E-state index contributed by atoms with van der Waals surface area (Å²) >= 11 is 0. The molecule has 2 aliphatic rings. The Kier molecular flexibility index (Phi) is 5.89. The lowest BCUT2D eigenvalue weighted by Gasteiger charge is -2.35. The van der Waals surface area contributed by atoms with Crippen LogP contribution in [0.2, 0.25) is 0 Å². The Bertz CT molecular complexity index is 1170. The van der Waals surface area contributed by atoms with Gasteiger partial charge in [-0.15, -0.1) is 0 Å². The lowest BCUT2D eigenvalue weighted by Crippen LogP contribution is -2.50. The summed E-state index contributed by atoms with van der Waals surface area (Å²) in [6.07, 6.45) is 8.09. The highest BCUT2D eigenvalue weighted by molar-refractivity contribution is 6.01. The number of anilines is 3. The van der Waals surface area contributed by atoms with Gasteiger partial charge in [-0.05, 0) is 61.2 Å². The number of likely N-dealkylation sites (tertiary alicyclic amines) is 1. The number of carbonyl (C=O) groups is 2. The summed E-state index contributed by atoms with van der Waals surface area (Å²) in [5, 5.41) is 6.16. The van der Waals surface area contributed by atoms with E-state index in [9.17, 15) is 9.59 Å². The zero-order valence-electron chi connectivity index (χ0n) is 18.2.